The average Bonchev–Trinajstić information content (AvgIpc) is 1.60. The molecule has 12 heterocycles. The summed E-state index contributed by atoms with van der Waals surface area (Å²) < 4.78 is 84.5. The van der Waals surface area contributed by atoms with Crippen LogP contribution < -0.4 is 62.2 Å². The Morgan fingerprint density at radius 1 is 0.356 bits per heavy atom. The van der Waals surface area contributed by atoms with Crippen LogP contribution in [0.5, 0.6) is 69.0 Å². The maximum absolute atomic E-state index is 14.1. The monoisotopic (exact) mass is 2010 g/mol. The van der Waals surface area contributed by atoms with Gasteiger partial charge >= 0.3 is 0 Å². The lowest BCUT2D eigenvalue weighted by Crippen LogP contribution is -2.40. The van der Waals surface area contributed by atoms with E-state index < -0.39 is 21.7 Å². The number of hydrogen-bond acceptors (Lipinski definition) is 24. The van der Waals surface area contributed by atoms with Crippen molar-refractivity contribution in [2.75, 3.05) is 72.4 Å². The molecule has 0 spiro atoms. The van der Waals surface area contributed by atoms with E-state index in [1.165, 1.54) is 30.0 Å². The van der Waals surface area contributed by atoms with Crippen molar-refractivity contribution >= 4 is 57.9 Å². The van der Waals surface area contributed by atoms with Crippen LogP contribution in [0.4, 0.5) is 10.2 Å². The van der Waals surface area contributed by atoms with Gasteiger partial charge in [0.15, 0.2) is 69.0 Å². The van der Waals surface area contributed by atoms with E-state index in [0.29, 0.717) is 102 Å². The van der Waals surface area contributed by atoms with E-state index in [2.05, 4.69) is 32.4 Å². The molecule has 1 saturated heterocycles. The molecule has 6 aliphatic carbocycles. The van der Waals surface area contributed by atoms with Crippen molar-refractivity contribution in [2.24, 2.45) is 0 Å². The van der Waals surface area contributed by atoms with Crippen molar-refractivity contribution in [1.29, 1.82) is 0 Å². The Bertz CT molecular complexity index is 7620. The molecule has 9 aromatic carbocycles. The van der Waals surface area contributed by atoms with Gasteiger partial charge in [-0.2, -0.15) is 0 Å². The number of hydrogen-bond donors (Lipinski definition) is 1. The third kappa shape index (κ3) is 20.3. The zero-order valence-electron chi connectivity index (χ0n) is 82.0. The van der Waals surface area contributed by atoms with Gasteiger partial charge in [0.05, 0.1) is 63.1 Å². The number of ether oxygens (including phenoxy) is 13. The van der Waals surface area contributed by atoms with Crippen molar-refractivity contribution in [3.63, 3.8) is 0 Å². The molecule has 1 N–H and O–H groups in total. The lowest BCUT2D eigenvalue weighted by molar-refractivity contribution is -0.121. The maximum atomic E-state index is 14.1. The number of allylic oxidation sites excluding steroid dienone is 2. The Morgan fingerprint density at radius 3 is 1.16 bits per heavy atom. The predicted octanol–water partition coefficient (Wildman–Crippen LogP) is 22.0. The minimum Gasteiger partial charge on any atom is -0.454 e. The minimum atomic E-state index is -0.544. The number of benzene rings is 9. The van der Waals surface area contributed by atoms with Crippen molar-refractivity contribution < 1.29 is 94.7 Å². The minimum absolute atomic E-state index is 0.0189. The van der Waals surface area contributed by atoms with Crippen molar-refractivity contribution in [3.05, 3.63) is 351 Å². The van der Waals surface area contributed by atoms with Gasteiger partial charge in [-0.3, -0.25) is 48.7 Å². The number of carbonyl (C=O) groups is 6. The second-order valence-corrected chi connectivity index (χ2v) is 40.0. The fourth-order valence-electron chi connectivity index (χ4n) is 20.7. The molecule has 6 fully saturated rings. The second-order valence-electron chi connectivity index (χ2n) is 39.6. The standard InChI is InChI=1S/C28H26N2O5.C24H20ClNO3.C23H18FNO3.C23H18N2O5.C23H23NO3/c31-26(28(10-11-28)21-8-9-24-25(16-21)35-18-34-24)17-22-2-1-3-23(29-22)19-4-6-20(7-5-19)27(32)30-12-14-33-15-13-30;1-15-11-16(5-7-19(15)25)20-4-2-3-18(26-20)13-23(27)24(9-10-24)17-6-8-21-22(12-17)29-14-28-21;24-18-6-2-1-5-17(18)19-7-3-4-16(25-19)13-22(26)23(10-11-23)15-8-9-20-21(12-15)28-14-27-20;26-22(23(8-9-23)15-5-7-18-20(11-15)30-13-28-18)25-21-3-1-2-16(24-21)14-4-6-17-19(10-14)29-12-27-17;25-22(13-19-8-6-17(14-24-19)16-4-2-1-3-5-16)23(10-11-23)18-7-9-20-21(12-18)27-15-26-20/h1-9,16H,10-15,17-18H2;2-8,11-12H,9-10,13-14H2,1H3;1-9,12H,10-11,13-14H2;1-7,10-11H,8-9,12-13H2,(H,24,25,26);4,6-9,12,14H,1-3,5,10-11,13,15H2. The summed E-state index contributed by atoms with van der Waals surface area (Å²) in [6, 6.07) is 81.2. The van der Waals surface area contributed by atoms with Crippen LogP contribution in [0.15, 0.2) is 273 Å². The molecule has 149 heavy (non-hydrogen) atoms. The summed E-state index contributed by atoms with van der Waals surface area (Å²) in [5.74, 6) is 9.54. The molecule has 0 atom stereocenters. The Kier molecular flexibility index (Phi) is 26.5. The number of rotatable bonds is 25. The quantitative estimate of drug-likeness (QED) is 0.0556. The van der Waals surface area contributed by atoms with E-state index >= 15 is 0 Å². The first kappa shape index (κ1) is 96.3. The molecule has 5 saturated carbocycles. The van der Waals surface area contributed by atoms with E-state index in [1.807, 2.05) is 236 Å². The van der Waals surface area contributed by atoms with Crippen LogP contribution in [0.25, 0.3) is 50.6 Å². The predicted molar refractivity (Wildman–Crippen MR) is 553 cm³/mol. The van der Waals surface area contributed by atoms with Gasteiger partial charge in [0.25, 0.3) is 5.91 Å². The molecule has 0 bridgehead atoms. The van der Waals surface area contributed by atoms with Gasteiger partial charge in [-0.15, -0.1) is 0 Å². The Balaban J connectivity index is 0.000000102. The number of anilines is 1. The highest BCUT2D eigenvalue weighted by atomic mass is 35.5. The van der Waals surface area contributed by atoms with E-state index in [9.17, 15) is 33.2 Å². The summed E-state index contributed by atoms with van der Waals surface area (Å²) in [6.45, 7) is 5.74. The van der Waals surface area contributed by atoms with Crippen LogP contribution >= 0.6 is 11.6 Å². The molecule has 14 aromatic rings. The molecule has 2 amide bonds. The van der Waals surface area contributed by atoms with E-state index in [4.69, 9.17) is 83.1 Å². The molecule has 27 rings (SSSR count). The van der Waals surface area contributed by atoms with Crippen molar-refractivity contribution in [3.8, 4) is 114 Å². The summed E-state index contributed by atoms with van der Waals surface area (Å²) in [7, 11) is 0. The summed E-state index contributed by atoms with van der Waals surface area (Å²) in [5.41, 5.74) is 16.1. The van der Waals surface area contributed by atoms with Crippen LogP contribution in [0, 0.1) is 12.7 Å². The van der Waals surface area contributed by atoms with E-state index in [0.717, 1.165) is 201 Å². The molecule has 5 aromatic heterocycles. The Labute approximate surface area is 864 Å². The fourth-order valence-corrected chi connectivity index (χ4v) is 20.8. The number of carbonyl (C=O) groups excluding carboxylic acids is 6. The number of nitrogens with zero attached hydrogens (tertiary/aromatic N) is 6. The first-order valence-electron chi connectivity index (χ1n) is 50.6. The fraction of sp³-hybridized carbons (Fsp3) is 0.281. The lowest BCUT2D eigenvalue weighted by Gasteiger charge is -2.26. The van der Waals surface area contributed by atoms with Crippen molar-refractivity contribution in [1.82, 2.24) is 29.8 Å². The maximum Gasteiger partial charge on any atom is 0.254 e. The molecule has 28 heteroatoms. The molecule has 13 aliphatic rings. The lowest BCUT2D eigenvalue weighted by atomic mass is 9.88. The van der Waals surface area contributed by atoms with Gasteiger partial charge in [0.2, 0.25) is 46.7 Å². The normalized spacial score (nSPS) is 17.2. The molecule has 752 valence electrons. The molecule has 0 unspecified atom stereocenters. The van der Waals surface area contributed by atoms with Crippen LogP contribution in [-0.4, -0.2) is 132 Å². The Hall–Kier alpha value is -16.1. The van der Waals surface area contributed by atoms with Crippen LogP contribution in [0.1, 0.15) is 162 Å². The highest BCUT2D eigenvalue weighted by Gasteiger charge is 2.56. The SMILES string of the molecule is Cc1cc(-c2cccc(CC(=O)C3(c4ccc5c(c4)OCO5)CC3)n2)ccc1Cl.O=C(Cc1ccc(C2=CCCCC2)cn1)C1(c2ccc3c(c2)OCO3)CC1.O=C(Cc1cccc(-c2ccccc2F)n1)C1(c2ccc3c(c2)OCO3)CC1.O=C(Nc1cccc(-c2ccc3c(c2)OCO3)n1)C1(c2ccc3c(c2)OCO3)CC1.O=C(c1ccc(-c2cccc(CC(=O)C3(c4ccc5c(c4)OCO5)CC3)n2)cc1)N1CCOCC1. The van der Waals surface area contributed by atoms with Gasteiger partial charge < -0.3 is 71.8 Å². The van der Waals surface area contributed by atoms with Gasteiger partial charge in [-0.1, -0.05) is 109 Å². The number of fused-ring (bicyclic) bond motifs is 6. The number of amides is 2. The molecular formula is C121H105ClFN7O19. The third-order valence-electron chi connectivity index (χ3n) is 30.2. The highest BCUT2D eigenvalue weighted by molar-refractivity contribution is 6.31. The van der Waals surface area contributed by atoms with Gasteiger partial charge in [-0.05, 0) is 311 Å². The van der Waals surface area contributed by atoms with Crippen molar-refractivity contribution in [2.45, 2.75) is 150 Å². The number of pyridine rings is 5. The number of morpholine rings is 1. The van der Waals surface area contributed by atoms with Gasteiger partial charge in [-0.25, -0.2) is 9.37 Å². The summed E-state index contributed by atoms with van der Waals surface area (Å²) in [6.07, 6.45) is 18.7. The number of aryl methyl sites for hydroxylation is 1. The largest absolute Gasteiger partial charge is 0.454 e. The Morgan fingerprint density at radius 2 is 0.732 bits per heavy atom. The van der Waals surface area contributed by atoms with Gasteiger partial charge in [0, 0.05) is 101 Å². The van der Waals surface area contributed by atoms with Crippen LogP contribution in [0.3, 0.4) is 0 Å². The van der Waals surface area contributed by atoms with Crippen LogP contribution in [-0.2, 0) is 81.5 Å². The van der Waals surface area contributed by atoms with Gasteiger partial charge in [0.1, 0.15) is 34.8 Å². The first-order chi connectivity index (χ1) is 72.8. The number of nitrogens with one attached hydrogen (secondary N) is 1. The number of Topliss-reactive ketones (excluding diaryl/α,β-unsaturated/α-hetero) is 4. The summed E-state index contributed by atoms with van der Waals surface area (Å²) >= 11 is 6.14. The molecule has 0 radical (unpaired) electrons. The smallest absolute Gasteiger partial charge is 0.254 e. The topological polar surface area (TPSA) is 302 Å². The molecular weight excluding hydrogens is 1910 g/mol. The molecule has 26 nitrogen and oxygen atoms in total. The second kappa shape index (κ2) is 40.9. The number of aromatic nitrogens is 5. The van der Waals surface area contributed by atoms with Crippen LogP contribution in [0.2, 0.25) is 5.02 Å². The first-order valence-corrected chi connectivity index (χ1v) is 51.0. The molecule has 7 aliphatic heterocycles. The average molecular weight is 2020 g/mol. The number of ketones is 4. The summed E-state index contributed by atoms with van der Waals surface area (Å²) in [4.78, 5) is 104. The zero-order chi connectivity index (χ0) is 101. The summed E-state index contributed by atoms with van der Waals surface area (Å²) in [5, 5.41) is 3.73. The highest BCUT2D eigenvalue weighted by Crippen LogP contribution is 2.57. The number of halogens is 2. The van der Waals surface area contributed by atoms with E-state index in [-0.39, 0.29) is 99.8 Å². The van der Waals surface area contributed by atoms with E-state index in [1.54, 1.807) is 30.3 Å². The third-order valence-corrected chi connectivity index (χ3v) is 30.6. The zero-order valence-corrected chi connectivity index (χ0v) is 82.7.